The van der Waals surface area contributed by atoms with Gasteiger partial charge in [0.2, 0.25) is 0 Å². The first-order valence-corrected chi connectivity index (χ1v) is 8.67. The molecule has 6 nitrogen and oxygen atoms in total. The smallest absolute Gasteiger partial charge is 0.254 e. The number of aromatic nitrogens is 2. The third kappa shape index (κ3) is 3.93. The number of ether oxygens (including phenoxy) is 1. The first-order valence-electron chi connectivity index (χ1n) is 8.67. The fourth-order valence-corrected chi connectivity index (χ4v) is 3.80. The van der Waals surface area contributed by atoms with E-state index in [0.29, 0.717) is 5.56 Å². The second-order valence-electron chi connectivity index (χ2n) is 7.08. The van der Waals surface area contributed by atoms with E-state index in [9.17, 15) is 4.79 Å². The number of amides is 1. The van der Waals surface area contributed by atoms with E-state index in [1.807, 2.05) is 14.0 Å². The van der Waals surface area contributed by atoms with E-state index in [2.05, 4.69) is 15.3 Å². The molecule has 0 saturated carbocycles. The first kappa shape index (κ1) is 16.5. The summed E-state index contributed by atoms with van der Waals surface area (Å²) in [7, 11) is 1.84. The number of carbonyl (C=O) groups is 1. The Hall–Kier alpha value is -1.40. The first-order chi connectivity index (χ1) is 11.1. The van der Waals surface area contributed by atoms with Gasteiger partial charge in [-0.05, 0) is 45.7 Å². The Bertz CT molecular complexity index is 543. The third-order valence-electron chi connectivity index (χ3n) is 5.19. The standard InChI is InChI=1S/C17H28N4O2/c1-14-15(11-20(2)19-14)16(22)18-12-17(5-9-23-10-6-17)13-21-7-3-4-8-21/h11H,3-10,12-13H2,1-2H3,(H,18,22). The molecule has 23 heavy (non-hydrogen) atoms. The average Bonchev–Trinajstić information content (AvgIpc) is 3.15. The van der Waals surface area contributed by atoms with Gasteiger partial charge in [-0.3, -0.25) is 9.48 Å². The van der Waals surface area contributed by atoms with Gasteiger partial charge >= 0.3 is 0 Å². The van der Waals surface area contributed by atoms with E-state index < -0.39 is 0 Å². The van der Waals surface area contributed by atoms with Gasteiger partial charge in [0.1, 0.15) is 0 Å². The lowest BCUT2D eigenvalue weighted by Crippen LogP contribution is -2.48. The molecule has 1 amide bonds. The Morgan fingerprint density at radius 2 is 2.04 bits per heavy atom. The van der Waals surface area contributed by atoms with Crippen molar-refractivity contribution in [2.24, 2.45) is 12.5 Å². The van der Waals surface area contributed by atoms with Crippen molar-refractivity contribution in [2.75, 3.05) is 39.4 Å². The molecule has 2 aliphatic heterocycles. The second kappa shape index (κ2) is 7.01. The lowest BCUT2D eigenvalue weighted by atomic mass is 9.79. The third-order valence-corrected chi connectivity index (χ3v) is 5.19. The van der Waals surface area contributed by atoms with E-state index in [0.717, 1.165) is 44.8 Å². The highest BCUT2D eigenvalue weighted by atomic mass is 16.5. The van der Waals surface area contributed by atoms with Gasteiger partial charge in [0.25, 0.3) is 5.91 Å². The van der Waals surface area contributed by atoms with Crippen molar-refractivity contribution in [1.82, 2.24) is 20.0 Å². The molecule has 2 fully saturated rings. The molecule has 2 saturated heterocycles. The second-order valence-corrected chi connectivity index (χ2v) is 7.08. The summed E-state index contributed by atoms with van der Waals surface area (Å²) >= 11 is 0. The Morgan fingerprint density at radius 3 is 2.65 bits per heavy atom. The highest BCUT2D eigenvalue weighted by Gasteiger charge is 2.35. The number of nitrogens with one attached hydrogen (secondary N) is 1. The Kier molecular flexibility index (Phi) is 5.02. The molecular formula is C17H28N4O2. The molecule has 128 valence electrons. The van der Waals surface area contributed by atoms with Crippen molar-refractivity contribution in [3.63, 3.8) is 0 Å². The molecule has 0 bridgehead atoms. The zero-order chi connectivity index (χ0) is 16.3. The maximum Gasteiger partial charge on any atom is 0.254 e. The van der Waals surface area contributed by atoms with E-state index in [1.54, 1.807) is 10.9 Å². The van der Waals surface area contributed by atoms with Gasteiger partial charge in [-0.25, -0.2) is 0 Å². The van der Waals surface area contributed by atoms with Crippen LogP contribution < -0.4 is 5.32 Å². The zero-order valence-corrected chi connectivity index (χ0v) is 14.3. The highest BCUT2D eigenvalue weighted by Crippen LogP contribution is 2.32. The Labute approximate surface area is 138 Å². The van der Waals surface area contributed by atoms with Crippen molar-refractivity contribution in [3.05, 3.63) is 17.5 Å². The van der Waals surface area contributed by atoms with Crippen molar-refractivity contribution in [3.8, 4) is 0 Å². The molecule has 0 aromatic carbocycles. The average molecular weight is 320 g/mol. The molecule has 3 rings (SSSR count). The number of rotatable bonds is 5. The van der Waals surface area contributed by atoms with Crippen LogP contribution in [-0.2, 0) is 11.8 Å². The summed E-state index contributed by atoms with van der Waals surface area (Å²) in [6.07, 6.45) is 6.44. The molecule has 1 aromatic heterocycles. The summed E-state index contributed by atoms with van der Waals surface area (Å²) < 4.78 is 7.25. The predicted molar refractivity (Wildman–Crippen MR) is 88.4 cm³/mol. The van der Waals surface area contributed by atoms with E-state index >= 15 is 0 Å². The summed E-state index contributed by atoms with van der Waals surface area (Å²) in [5.74, 6) is -0.0112. The minimum atomic E-state index is -0.0112. The van der Waals surface area contributed by atoms with Crippen LogP contribution in [0, 0.1) is 12.3 Å². The maximum absolute atomic E-state index is 12.5. The van der Waals surface area contributed by atoms with Crippen molar-refractivity contribution >= 4 is 5.91 Å². The van der Waals surface area contributed by atoms with Crippen LogP contribution in [0.15, 0.2) is 6.20 Å². The normalized spacial score (nSPS) is 21.5. The number of likely N-dealkylation sites (tertiary alicyclic amines) is 1. The minimum Gasteiger partial charge on any atom is -0.381 e. The molecule has 0 atom stereocenters. The van der Waals surface area contributed by atoms with Crippen molar-refractivity contribution in [2.45, 2.75) is 32.6 Å². The minimum absolute atomic E-state index is 0.0112. The zero-order valence-electron chi connectivity index (χ0n) is 14.3. The Morgan fingerprint density at radius 1 is 1.35 bits per heavy atom. The van der Waals surface area contributed by atoms with Crippen LogP contribution in [0.1, 0.15) is 41.7 Å². The van der Waals surface area contributed by atoms with Gasteiger partial charge in [-0.2, -0.15) is 5.10 Å². The summed E-state index contributed by atoms with van der Waals surface area (Å²) in [5, 5.41) is 7.42. The molecule has 0 radical (unpaired) electrons. The molecule has 0 spiro atoms. The van der Waals surface area contributed by atoms with E-state index in [1.165, 1.54) is 25.9 Å². The van der Waals surface area contributed by atoms with Gasteiger partial charge in [0, 0.05) is 45.0 Å². The highest BCUT2D eigenvalue weighted by molar-refractivity contribution is 5.95. The lowest BCUT2D eigenvalue weighted by molar-refractivity contribution is -0.000633. The van der Waals surface area contributed by atoms with Gasteiger partial charge in [0.05, 0.1) is 11.3 Å². The summed E-state index contributed by atoms with van der Waals surface area (Å²) in [4.78, 5) is 15.0. The largest absolute Gasteiger partial charge is 0.381 e. The molecule has 3 heterocycles. The number of carbonyl (C=O) groups excluding carboxylic acids is 1. The molecule has 0 unspecified atom stereocenters. The van der Waals surface area contributed by atoms with Crippen LogP contribution >= 0.6 is 0 Å². The number of hydrogen-bond donors (Lipinski definition) is 1. The molecule has 6 heteroatoms. The van der Waals surface area contributed by atoms with Gasteiger partial charge < -0.3 is 15.0 Å². The van der Waals surface area contributed by atoms with Crippen LogP contribution in [-0.4, -0.2) is 60.0 Å². The molecule has 1 aromatic rings. The molecule has 0 aliphatic carbocycles. The maximum atomic E-state index is 12.5. The van der Waals surface area contributed by atoms with Crippen LogP contribution in [0.2, 0.25) is 0 Å². The fourth-order valence-electron chi connectivity index (χ4n) is 3.80. The number of aryl methyl sites for hydroxylation is 2. The van der Waals surface area contributed by atoms with E-state index in [4.69, 9.17) is 4.74 Å². The fraction of sp³-hybridized carbons (Fsp3) is 0.765. The van der Waals surface area contributed by atoms with Crippen LogP contribution in [0.5, 0.6) is 0 Å². The monoisotopic (exact) mass is 320 g/mol. The topological polar surface area (TPSA) is 59.4 Å². The summed E-state index contributed by atoms with van der Waals surface area (Å²) in [5.41, 5.74) is 1.61. The quantitative estimate of drug-likeness (QED) is 0.890. The molecule has 2 aliphatic rings. The van der Waals surface area contributed by atoms with E-state index in [-0.39, 0.29) is 11.3 Å². The van der Waals surface area contributed by atoms with Gasteiger partial charge in [-0.15, -0.1) is 0 Å². The Balaban J connectivity index is 1.63. The summed E-state index contributed by atoms with van der Waals surface area (Å²) in [6.45, 7) is 7.66. The van der Waals surface area contributed by atoms with Crippen LogP contribution in [0.3, 0.4) is 0 Å². The predicted octanol–water partition coefficient (Wildman–Crippen LogP) is 1.35. The lowest BCUT2D eigenvalue weighted by Gasteiger charge is -2.40. The van der Waals surface area contributed by atoms with Crippen LogP contribution in [0.25, 0.3) is 0 Å². The van der Waals surface area contributed by atoms with Crippen LogP contribution in [0.4, 0.5) is 0 Å². The van der Waals surface area contributed by atoms with Gasteiger partial charge in [0.15, 0.2) is 0 Å². The van der Waals surface area contributed by atoms with Crippen molar-refractivity contribution < 1.29 is 9.53 Å². The summed E-state index contributed by atoms with van der Waals surface area (Å²) in [6, 6.07) is 0. The van der Waals surface area contributed by atoms with Crippen molar-refractivity contribution in [1.29, 1.82) is 0 Å². The number of nitrogens with zero attached hydrogens (tertiary/aromatic N) is 3. The SMILES string of the molecule is Cc1nn(C)cc1C(=O)NCC1(CN2CCCC2)CCOCC1. The molecule has 1 N–H and O–H groups in total. The number of hydrogen-bond acceptors (Lipinski definition) is 4. The molecular weight excluding hydrogens is 292 g/mol. The van der Waals surface area contributed by atoms with Gasteiger partial charge in [-0.1, -0.05) is 0 Å².